The number of nitrogens with zero attached hydrogens (tertiary/aromatic N) is 2. The number of hydrogen-bond acceptors (Lipinski definition) is 5. The summed E-state index contributed by atoms with van der Waals surface area (Å²) >= 11 is 12.8. The molecule has 0 aromatic heterocycles. The van der Waals surface area contributed by atoms with Gasteiger partial charge in [-0.05, 0) is 76.2 Å². The summed E-state index contributed by atoms with van der Waals surface area (Å²) < 4.78 is 34.2. The lowest BCUT2D eigenvalue weighted by Crippen LogP contribution is -2.52. The molecule has 0 spiro atoms. The zero-order valence-electron chi connectivity index (χ0n) is 22.8. The summed E-state index contributed by atoms with van der Waals surface area (Å²) in [7, 11) is -4.17. The maximum absolute atomic E-state index is 14.0. The van der Waals surface area contributed by atoms with Gasteiger partial charge in [0, 0.05) is 28.2 Å². The molecule has 3 rings (SSSR count). The van der Waals surface area contributed by atoms with E-state index < -0.39 is 34.4 Å². The first kappa shape index (κ1) is 31.3. The third kappa shape index (κ3) is 7.68. The van der Waals surface area contributed by atoms with Gasteiger partial charge in [0.25, 0.3) is 10.0 Å². The van der Waals surface area contributed by atoms with Crippen LogP contribution in [0.2, 0.25) is 10.0 Å². The van der Waals surface area contributed by atoms with Crippen LogP contribution >= 0.6 is 23.2 Å². The third-order valence-corrected chi connectivity index (χ3v) is 8.53. The van der Waals surface area contributed by atoms with Gasteiger partial charge < -0.3 is 15.0 Å². The van der Waals surface area contributed by atoms with E-state index in [-0.39, 0.29) is 23.2 Å². The van der Waals surface area contributed by atoms with E-state index in [1.807, 2.05) is 20.8 Å². The van der Waals surface area contributed by atoms with Crippen molar-refractivity contribution < 1.29 is 22.7 Å². The van der Waals surface area contributed by atoms with E-state index in [1.165, 1.54) is 17.0 Å². The number of carbonyl (C=O) groups excluding carboxylic acids is 2. The van der Waals surface area contributed by atoms with Crippen molar-refractivity contribution in [3.8, 4) is 5.75 Å². The lowest BCUT2D eigenvalue weighted by molar-refractivity contribution is -0.139. The predicted molar refractivity (Wildman–Crippen MR) is 158 cm³/mol. The summed E-state index contributed by atoms with van der Waals surface area (Å²) in [5.74, 6) is -0.454. The fourth-order valence-corrected chi connectivity index (χ4v) is 5.92. The van der Waals surface area contributed by atoms with Crippen molar-refractivity contribution in [2.45, 2.75) is 51.2 Å². The van der Waals surface area contributed by atoms with Gasteiger partial charge >= 0.3 is 0 Å². The van der Waals surface area contributed by atoms with Crippen molar-refractivity contribution >= 4 is 50.7 Å². The molecule has 0 saturated heterocycles. The summed E-state index contributed by atoms with van der Waals surface area (Å²) in [6.45, 7) is 6.80. The highest BCUT2D eigenvalue weighted by Gasteiger charge is 2.33. The van der Waals surface area contributed by atoms with Crippen molar-refractivity contribution in [2.24, 2.45) is 0 Å². The fraction of sp³-hybridized carbons (Fsp3) is 0.310. The molecule has 0 heterocycles. The van der Waals surface area contributed by atoms with Gasteiger partial charge in [-0.2, -0.15) is 0 Å². The van der Waals surface area contributed by atoms with Crippen LogP contribution in [0, 0.1) is 0 Å². The molecule has 0 saturated carbocycles. The van der Waals surface area contributed by atoms with Crippen LogP contribution in [-0.2, 0) is 26.2 Å². The van der Waals surface area contributed by atoms with Crippen LogP contribution in [0.15, 0.2) is 77.7 Å². The van der Waals surface area contributed by atoms with Gasteiger partial charge in [-0.1, -0.05) is 47.5 Å². The van der Waals surface area contributed by atoms with Crippen LogP contribution in [0.4, 0.5) is 5.69 Å². The molecule has 214 valence electrons. The molecule has 8 nitrogen and oxygen atoms in total. The Morgan fingerprint density at radius 2 is 1.50 bits per heavy atom. The first-order valence-corrected chi connectivity index (χ1v) is 15.0. The topological polar surface area (TPSA) is 96.0 Å². The maximum atomic E-state index is 14.0. The number of hydrogen-bond donors (Lipinski definition) is 1. The van der Waals surface area contributed by atoms with Crippen molar-refractivity contribution in [3.05, 3.63) is 88.4 Å². The number of amides is 2. The summed E-state index contributed by atoms with van der Waals surface area (Å²) in [4.78, 5) is 28.3. The summed E-state index contributed by atoms with van der Waals surface area (Å²) in [6.07, 6.45) is 0. The zero-order valence-corrected chi connectivity index (χ0v) is 25.1. The monoisotopic (exact) mass is 605 g/mol. The van der Waals surface area contributed by atoms with Crippen molar-refractivity contribution in [1.29, 1.82) is 0 Å². The third-order valence-electron chi connectivity index (χ3n) is 6.03. The van der Waals surface area contributed by atoms with Crippen LogP contribution in [0.3, 0.4) is 0 Å². The predicted octanol–water partition coefficient (Wildman–Crippen LogP) is 5.53. The van der Waals surface area contributed by atoms with E-state index in [9.17, 15) is 18.0 Å². The Hall–Kier alpha value is -3.27. The number of rotatable bonds is 12. The average Bonchev–Trinajstić information content (AvgIpc) is 2.92. The second kappa shape index (κ2) is 13.9. The van der Waals surface area contributed by atoms with Crippen LogP contribution in [0.1, 0.15) is 33.3 Å². The van der Waals surface area contributed by atoms with Crippen molar-refractivity contribution in [2.75, 3.05) is 17.5 Å². The Morgan fingerprint density at radius 1 is 0.900 bits per heavy atom. The molecule has 0 fully saturated rings. The highest BCUT2D eigenvalue weighted by atomic mass is 35.5. The van der Waals surface area contributed by atoms with E-state index in [4.69, 9.17) is 27.9 Å². The Labute approximate surface area is 245 Å². The number of anilines is 1. The standard InChI is InChI=1S/C29H33Cl2N3O5S/c1-5-39-23-16-14-22(15-17-23)34(40(37,38)24-10-7-6-8-11-24)19-28(35)33(21(4)29(36)32-20(2)3)18-25-26(30)12-9-13-27(25)31/h6-17,20-21H,5,18-19H2,1-4H3,(H,32,36). The minimum absolute atomic E-state index is 0.0167. The molecular weight excluding hydrogens is 573 g/mol. The molecule has 2 amide bonds. The van der Waals surface area contributed by atoms with Gasteiger partial charge in [-0.3, -0.25) is 13.9 Å². The van der Waals surface area contributed by atoms with Crippen LogP contribution < -0.4 is 14.4 Å². The molecule has 11 heteroatoms. The second-order valence-electron chi connectivity index (χ2n) is 9.31. The summed E-state index contributed by atoms with van der Waals surface area (Å²) in [5, 5.41) is 3.45. The van der Waals surface area contributed by atoms with Crippen LogP contribution in [0.25, 0.3) is 0 Å². The average molecular weight is 607 g/mol. The van der Waals surface area contributed by atoms with Crippen molar-refractivity contribution in [1.82, 2.24) is 10.2 Å². The molecule has 1 N–H and O–H groups in total. The van der Waals surface area contributed by atoms with Gasteiger partial charge in [0.15, 0.2) is 0 Å². The van der Waals surface area contributed by atoms with Gasteiger partial charge in [-0.25, -0.2) is 8.42 Å². The number of sulfonamides is 1. The molecule has 1 atom stereocenters. The Balaban J connectivity index is 2.06. The highest BCUT2D eigenvalue weighted by molar-refractivity contribution is 7.92. The first-order valence-electron chi connectivity index (χ1n) is 12.8. The molecule has 3 aromatic carbocycles. The minimum Gasteiger partial charge on any atom is -0.494 e. The Kier molecular flexibility index (Phi) is 10.8. The number of nitrogens with one attached hydrogen (secondary N) is 1. The van der Waals surface area contributed by atoms with Gasteiger partial charge in [0.2, 0.25) is 11.8 Å². The number of ether oxygens (including phenoxy) is 1. The molecule has 0 bridgehead atoms. The second-order valence-corrected chi connectivity index (χ2v) is 12.0. The first-order chi connectivity index (χ1) is 18.9. The largest absolute Gasteiger partial charge is 0.494 e. The molecule has 1 unspecified atom stereocenters. The lowest BCUT2D eigenvalue weighted by Gasteiger charge is -2.32. The highest BCUT2D eigenvalue weighted by Crippen LogP contribution is 2.29. The quantitative estimate of drug-likeness (QED) is 0.293. The maximum Gasteiger partial charge on any atom is 0.264 e. The molecule has 0 aliphatic heterocycles. The smallest absolute Gasteiger partial charge is 0.264 e. The van der Waals surface area contributed by atoms with E-state index in [0.717, 1.165) is 4.31 Å². The fourth-order valence-electron chi connectivity index (χ4n) is 3.97. The van der Waals surface area contributed by atoms with Crippen molar-refractivity contribution in [3.63, 3.8) is 0 Å². The minimum atomic E-state index is -4.17. The van der Waals surface area contributed by atoms with E-state index in [0.29, 0.717) is 28.0 Å². The van der Waals surface area contributed by atoms with E-state index in [2.05, 4.69) is 5.32 Å². The van der Waals surface area contributed by atoms with Gasteiger partial charge in [-0.15, -0.1) is 0 Å². The lowest BCUT2D eigenvalue weighted by atomic mass is 10.1. The number of benzene rings is 3. The molecule has 0 aliphatic carbocycles. The normalized spacial score (nSPS) is 12.1. The number of carbonyl (C=O) groups is 2. The molecule has 3 aromatic rings. The van der Waals surface area contributed by atoms with E-state index in [1.54, 1.807) is 67.6 Å². The van der Waals surface area contributed by atoms with Crippen LogP contribution in [0.5, 0.6) is 5.75 Å². The zero-order chi connectivity index (χ0) is 29.4. The Morgan fingerprint density at radius 3 is 2.05 bits per heavy atom. The van der Waals surface area contributed by atoms with Gasteiger partial charge in [0.1, 0.15) is 18.3 Å². The van der Waals surface area contributed by atoms with E-state index >= 15 is 0 Å². The van der Waals surface area contributed by atoms with Gasteiger partial charge in [0.05, 0.1) is 17.2 Å². The summed E-state index contributed by atoms with van der Waals surface area (Å²) in [5.41, 5.74) is 0.706. The number of halogens is 2. The molecule has 40 heavy (non-hydrogen) atoms. The SMILES string of the molecule is CCOc1ccc(N(CC(=O)N(Cc2c(Cl)cccc2Cl)C(C)C(=O)NC(C)C)S(=O)(=O)c2ccccc2)cc1. The molecule has 0 aliphatic rings. The van der Waals surface area contributed by atoms with Crippen LogP contribution in [-0.4, -0.2) is 50.4 Å². The Bertz CT molecular complexity index is 1400. The molecule has 0 radical (unpaired) electrons. The summed E-state index contributed by atoms with van der Waals surface area (Å²) in [6, 6.07) is 18.1. The molecular formula is C29H33Cl2N3O5S.